The van der Waals surface area contributed by atoms with E-state index in [0.717, 1.165) is 13.0 Å². The molecular formula is C48H52N12O12. The Bertz CT molecular complexity index is 3160. The first-order chi connectivity index (χ1) is 34.8. The summed E-state index contributed by atoms with van der Waals surface area (Å²) in [5.74, 6) is 2.89. The predicted octanol–water partition coefficient (Wildman–Crippen LogP) is 0.0838. The van der Waals surface area contributed by atoms with Crippen molar-refractivity contribution in [2.75, 3.05) is 63.5 Å². The molecule has 11 heterocycles. The number of carbonyl (C=O) groups excluding carboxylic acids is 4. The molecule has 0 saturated carbocycles. The normalized spacial score (nSPS) is 19.4. The van der Waals surface area contributed by atoms with Gasteiger partial charge in [-0.1, -0.05) is 0 Å². The number of epoxide rings is 1. The Kier molecular flexibility index (Phi) is 14.8. The number of aliphatic hydroxyl groups is 1. The number of Topliss-reactive ketones (excluding diaryl/α,β-unsaturated/α-hetero) is 2. The van der Waals surface area contributed by atoms with Crippen molar-refractivity contribution in [3.8, 4) is 23.3 Å². The lowest BCUT2D eigenvalue weighted by Crippen LogP contribution is -2.38. The summed E-state index contributed by atoms with van der Waals surface area (Å²) in [4.78, 5) is 100. The fourth-order valence-electron chi connectivity index (χ4n) is 8.48. The first kappa shape index (κ1) is 49.2. The molecule has 0 unspecified atom stereocenters. The van der Waals surface area contributed by atoms with Gasteiger partial charge in [-0.15, -0.1) is 0 Å². The number of amides is 2. The van der Waals surface area contributed by atoms with Crippen LogP contribution in [0.25, 0.3) is 22.3 Å². The highest BCUT2D eigenvalue weighted by molar-refractivity contribution is 5.96. The number of aliphatic hydroxyl groups excluding tert-OH is 1. The van der Waals surface area contributed by atoms with Crippen molar-refractivity contribution in [3.63, 3.8) is 0 Å². The number of aromatic nitrogens is 8. The van der Waals surface area contributed by atoms with Crippen molar-refractivity contribution in [1.29, 1.82) is 0 Å². The molecule has 3 saturated heterocycles. The second-order valence-corrected chi connectivity index (χ2v) is 17.6. The highest BCUT2D eigenvalue weighted by Crippen LogP contribution is 2.29. The Hall–Kier alpha value is -7.80. The number of aryl methyl sites for hydroxylation is 2. The first-order valence-corrected chi connectivity index (χ1v) is 23.3. The number of nitrogens with zero attached hydrogens (tertiary/aromatic N) is 10. The van der Waals surface area contributed by atoms with Gasteiger partial charge in [0.05, 0.1) is 69.7 Å². The minimum atomic E-state index is -0.750. The molecule has 376 valence electrons. The van der Waals surface area contributed by atoms with E-state index in [1.54, 1.807) is 70.0 Å². The molecule has 0 aromatic carbocycles. The maximum Gasteiger partial charge on any atom is 0.270 e. The van der Waals surface area contributed by atoms with Crippen LogP contribution in [0, 0.1) is 0 Å². The zero-order chi connectivity index (χ0) is 50.5. The zero-order valence-electron chi connectivity index (χ0n) is 39.5. The molecule has 4 N–H and O–H groups in total. The van der Waals surface area contributed by atoms with Crippen molar-refractivity contribution in [2.24, 2.45) is 5.73 Å². The van der Waals surface area contributed by atoms with Gasteiger partial charge in [0.25, 0.3) is 11.1 Å². The second kappa shape index (κ2) is 21.7. The number of anilines is 2. The van der Waals surface area contributed by atoms with Crippen molar-refractivity contribution < 1.29 is 48.0 Å². The standard InChI is InChI=1S/C24H26N6O6.2C12H13N3O3/c1-35-21-5-2-17-24(28-21)29(23(34)11-26-17)7-6-15(31)10-25-14-8-22(33)30(12-14)20-4-3-19-18(27-20)9-16(32)13-36-19;1-17-10-3-2-9-12(14-10)15(11(16)6-13-9)5-4-8-7-18-8;13-7-3-12(17)15(5-7)11-2-1-10-9(14-11)4-8(16)6-18-10/h2-5,11,14-15,25,31H,6-10,12-13H2,1H3;2-3,6,8H,4-5,7H2,1H3;1-2,7H,3-6,13H2/t14-,15+;8-;7-/m010/s1. The number of hydrogen-bond donors (Lipinski definition) is 3. The van der Waals surface area contributed by atoms with Gasteiger partial charge in [0.2, 0.25) is 23.6 Å². The number of nitrogens with two attached hydrogens (primary N) is 1. The Morgan fingerprint density at radius 1 is 0.708 bits per heavy atom. The van der Waals surface area contributed by atoms with E-state index in [9.17, 15) is 33.9 Å². The molecule has 6 aromatic heterocycles. The van der Waals surface area contributed by atoms with Gasteiger partial charge in [-0.3, -0.25) is 47.7 Å². The third-order valence-electron chi connectivity index (χ3n) is 12.3. The molecule has 4 atom stereocenters. The number of ketones is 2. The van der Waals surface area contributed by atoms with Crippen LogP contribution in [0.5, 0.6) is 23.3 Å². The van der Waals surface area contributed by atoms with Crippen LogP contribution >= 0.6 is 0 Å². The maximum absolute atomic E-state index is 12.6. The van der Waals surface area contributed by atoms with E-state index in [4.69, 9.17) is 29.4 Å². The number of rotatable bonds is 13. The van der Waals surface area contributed by atoms with Gasteiger partial charge in [0, 0.05) is 69.8 Å². The van der Waals surface area contributed by atoms with Crippen molar-refractivity contribution in [2.45, 2.75) is 75.9 Å². The number of methoxy groups -OCH3 is 2. The van der Waals surface area contributed by atoms with E-state index < -0.39 is 6.10 Å². The second-order valence-electron chi connectivity index (χ2n) is 17.6. The smallest absolute Gasteiger partial charge is 0.270 e. The number of hydrogen-bond acceptors (Lipinski definition) is 20. The first-order valence-electron chi connectivity index (χ1n) is 23.3. The number of nitrogens with one attached hydrogen (secondary N) is 1. The number of carbonyl (C=O) groups is 4. The summed E-state index contributed by atoms with van der Waals surface area (Å²) in [6, 6.07) is 13.5. The average molecular weight is 989 g/mol. The molecule has 3 fully saturated rings. The molecule has 5 aliphatic heterocycles. The minimum Gasteiger partial charge on any atom is -0.484 e. The monoisotopic (exact) mass is 988 g/mol. The molecule has 2 amide bonds. The predicted molar refractivity (Wildman–Crippen MR) is 256 cm³/mol. The summed E-state index contributed by atoms with van der Waals surface area (Å²) in [6.07, 6.45) is 4.27. The van der Waals surface area contributed by atoms with Crippen LogP contribution in [0.4, 0.5) is 11.6 Å². The van der Waals surface area contributed by atoms with Gasteiger partial charge in [-0.05, 0) is 49.2 Å². The highest BCUT2D eigenvalue weighted by Gasteiger charge is 2.33. The Balaban J connectivity index is 0.000000148. The van der Waals surface area contributed by atoms with E-state index in [1.807, 2.05) is 0 Å². The lowest BCUT2D eigenvalue weighted by molar-refractivity contribution is -0.122. The molecule has 11 rings (SSSR count). The maximum atomic E-state index is 12.6. The Morgan fingerprint density at radius 3 is 1.75 bits per heavy atom. The van der Waals surface area contributed by atoms with Crippen LogP contribution in [-0.4, -0.2) is 145 Å². The lowest BCUT2D eigenvalue weighted by Gasteiger charge is -2.21. The van der Waals surface area contributed by atoms with Crippen LogP contribution in [-0.2, 0) is 49.8 Å². The van der Waals surface area contributed by atoms with Gasteiger partial charge >= 0.3 is 0 Å². The Morgan fingerprint density at radius 2 is 1.24 bits per heavy atom. The fourth-order valence-corrected chi connectivity index (χ4v) is 8.48. The summed E-state index contributed by atoms with van der Waals surface area (Å²) in [5.41, 5.74) is 8.60. The molecule has 0 aliphatic carbocycles. The van der Waals surface area contributed by atoms with Crippen molar-refractivity contribution >= 4 is 57.3 Å². The summed E-state index contributed by atoms with van der Waals surface area (Å²) < 4.78 is 29.1. The van der Waals surface area contributed by atoms with Gasteiger partial charge in [0.15, 0.2) is 22.9 Å². The third-order valence-corrected chi connectivity index (χ3v) is 12.3. The van der Waals surface area contributed by atoms with E-state index in [-0.39, 0.29) is 98.3 Å². The average Bonchev–Trinajstić information content (AvgIpc) is 4.05. The van der Waals surface area contributed by atoms with Gasteiger partial charge < -0.3 is 39.8 Å². The SMILES string of the molecule is COc1ccc2ncc(=O)n(CC[C@@H](O)CN[C@H]3CC(=O)N(c4ccc5c(n4)CC(=O)CO5)C3)c2n1.COc1ccc2ncc(=O)n(CC[C@@H]3CO3)c2n1.N[C@H]1CC(=O)N(c2ccc3c(n2)CC(=O)CO3)C1. The summed E-state index contributed by atoms with van der Waals surface area (Å²) in [6.45, 7) is 2.88. The summed E-state index contributed by atoms with van der Waals surface area (Å²) in [5, 5.41) is 13.8. The molecule has 72 heavy (non-hydrogen) atoms. The van der Waals surface area contributed by atoms with E-state index >= 15 is 0 Å². The molecule has 6 aromatic rings. The van der Waals surface area contributed by atoms with Crippen LogP contribution in [0.3, 0.4) is 0 Å². The largest absolute Gasteiger partial charge is 0.484 e. The van der Waals surface area contributed by atoms with Crippen molar-refractivity contribution in [3.05, 3.63) is 93.0 Å². The molecule has 24 heteroatoms. The topological polar surface area (TPSA) is 304 Å². The number of fused-ring (bicyclic) bond motifs is 4. The zero-order valence-corrected chi connectivity index (χ0v) is 39.5. The molecule has 0 bridgehead atoms. The fraction of sp³-hybridized carbons (Fsp3) is 0.417. The Labute approximate surface area is 410 Å². The van der Waals surface area contributed by atoms with Gasteiger partial charge in [-0.2, -0.15) is 9.97 Å². The lowest BCUT2D eigenvalue weighted by atomic mass is 10.1. The van der Waals surface area contributed by atoms with Crippen LogP contribution < -0.4 is 50.9 Å². The number of ether oxygens (including phenoxy) is 5. The van der Waals surface area contributed by atoms with Crippen LogP contribution in [0.15, 0.2) is 70.5 Å². The van der Waals surface area contributed by atoms with E-state index in [0.29, 0.717) is 101 Å². The number of pyridine rings is 4. The van der Waals surface area contributed by atoms with E-state index in [2.05, 4.69) is 35.2 Å². The molecular weight excluding hydrogens is 937 g/mol. The van der Waals surface area contributed by atoms with Crippen LogP contribution in [0.1, 0.15) is 37.1 Å². The summed E-state index contributed by atoms with van der Waals surface area (Å²) >= 11 is 0. The molecule has 0 spiro atoms. The van der Waals surface area contributed by atoms with Gasteiger partial charge in [-0.25, -0.2) is 19.9 Å². The molecule has 0 radical (unpaired) electrons. The van der Waals surface area contributed by atoms with E-state index in [1.165, 1.54) is 24.1 Å². The van der Waals surface area contributed by atoms with Crippen molar-refractivity contribution in [1.82, 2.24) is 44.4 Å². The molecule has 24 nitrogen and oxygen atoms in total. The van der Waals surface area contributed by atoms with Gasteiger partial charge in [0.1, 0.15) is 47.4 Å². The summed E-state index contributed by atoms with van der Waals surface area (Å²) in [7, 11) is 3.04. The minimum absolute atomic E-state index is 0.00315. The molecule has 5 aliphatic rings. The van der Waals surface area contributed by atoms with Crippen LogP contribution in [0.2, 0.25) is 0 Å². The quantitative estimate of drug-likeness (QED) is 0.129. The highest BCUT2D eigenvalue weighted by atomic mass is 16.6. The third kappa shape index (κ3) is 11.5.